The van der Waals surface area contributed by atoms with Crippen molar-refractivity contribution in [1.29, 1.82) is 0 Å². The number of hydrogen-bond acceptors (Lipinski definition) is 5. The van der Waals surface area contributed by atoms with E-state index in [-0.39, 0.29) is 16.6 Å². The molecule has 0 unspecified atom stereocenters. The Hall–Kier alpha value is -3.39. The normalized spacial score (nSPS) is 11.8. The molecule has 0 spiro atoms. The quantitative estimate of drug-likeness (QED) is 0.504. The zero-order valence-electron chi connectivity index (χ0n) is 14.4. The topological polar surface area (TPSA) is 101 Å². The first-order chi connectivity index (χ1) is 13.0. The van der Waals surface area contributed by atoms with Gasteiger partial charge in [-0.1, -0.05) is 30.3 Å². The third-order valence-corrected chi connectivity index (χ3v) is 4.89. The second kappa shape index (κ2) is 7.88. The molecule has 1 aromatic heterocycles. The van der Waals surface area contributed by atoms with E-state index in [0.29, 0.717) is 17.0 Å². The van der Waals surface area contributed by atoms with Crippen molar-refractivity contribution in [2.75, 3.05) is 5.32 Å². The van der Waals surface area contributed by atoms with Crippen molar-refractivity contribution in [1.82, 2.24) is 4.83 Å². The lowest BCUT2D eigenvalue weighted by atomic mass is 10.1. The number of hydrazone groups is 1. The summed E-state index contributed by atoms with van der Waals surface area (Å²) in [4.78, 5) is 14.4. The fourth-order valence-corrected chi connectivity index (χ4v) is 3.15. The van der Waals surface area contributed by atoms with Crippen LogP contribution in [0.25, 0.3) is 0 Å². The van der Waals surface area contributed by atoms with Gasteiger partial charge in [0.1, 0.15) is 0 Å². The number of nitrogens with zero attached hydrogens (tertiary/aromatic N) is 1. The van der Waals surface area contributed by atoms with Crippen LogP contribution in [0.5, 0.6) is 0 Å². The minimum Gasteiger partial charge on any atom is -0.459 e. The maximum absolute atomic E-state index is 12.2. The Balaban J connectivity index is 1.74. The molecule has 2 N–H and O–H groups in total. The molecule has 7 nitrogen and oxygen atoms in total. The molecule has 3 rings (SSSR count). The first kappa shape index (κ1) is 18.4. The van der Waals surface area contributed by atoms with Gasteiger partial charge in [-0.3, -0.25) is 4.79 Å². The second-order valence-electron chi connectivity index (χ2n) is 5.62. The van der Waals surface area contributed by atoms with E-state index in [4.69, 9.17) is 4.42 Å². The molecular weight excluding hydrogens is 366 g/mol. The Bertz CT molecular complexity index is 1060. The molecule has 0 bridgehead atoms. The Morgan fingerprint density at radius 1 is 1.00 bits per heavy atom. The van der Waals surface area contributed by atoms with E-state index < -0.39 is 10.0 Å². The fraction of sp³-hybridized carbons (Fsp3) is 0.0526. The van der Waals surface area contributed by atoms with Gasteiger partial charge in [-0.05, 0) is 48.9 Å². The van der Waals surface area contributed by atoms with Gasteiger partial charge in [-0.2, -0.15) is 18.4 Å². The first-order valence-corrected chi connectivity index (χ1v) is 9.50. The molecule has 138 valence electrons. The van der Waals surface area contributed by atoms with E-state index in [1.165, 1.54) is 18.4 Å². The molecule has 0 atom stereocenters. The Labute approximate surface area is 156 Å². The molecular formula is C19H17N3O4S. The summed E-state index contributed by atoms with van der Waals surface area (Å²) in [7, 11) is -3.74. The van der Waals surface area contributed by atoms with Crippen LogP contribution in [-0.2, 0) is 10.0 Å². The summed E-state index contributed by atoms with van der Waals surface area (Å²) < 4.78 is 29.5. The molecule has 0 fully saturated rings. The molecule has 0 aliphatic heterocycles. The van der Waals surface area contributed by atoms with Gasteiger partial charge in [0.15, 0.2) is 5.76 Å². The summed E-state index contributed by atoms with van der Waals surface area (Å²) in [5, 5.41) is 6.67. The summed E-state index contributed by atoms with van der Waals surface area (Å²) in [6.07, 6.45) is 1.42. The summed E-state index contributed by atoms with van der Waals surface area (Å²) in [5.74, 6) is -0.182. The van der Waals surface area contributed by atoms with E-state index in [0.717, 1.165) is 0 Å². The SMILES string of the molecule is CC(=NNS(=O)(=O)c1ccccc1)c1cccc(NC(=O)c2ccco2)c1. The minimum absolute atomic E-state index is 0.126. The number of rotatable bonds is 6. The number of anilines is 1. The van der Waals surface area contributed by atoms with Crippen molar-refractivity contribution in [2.45, 2.75) is 11.8 Å². The molecule has 8 heteroatoms. The number of carbonyl (C=O) groups is 1. The van der Waals surface area contributed by atoms with Crippen molar-refractivity contribution in [3.8, 4) is 0 Å². The van der Waals surface area contributed by atoms with Crippen LogP contribution in [0.15, 0.2) is 87.4 Å². The van der Waals surface area contributed by atoms with E-state index in [2.05, 4.69) is 15.2 Å². The maximum atomic E-state index is 12.2. The monoisotopic (exact) mass is 383 g/mol. The van der Waals surface area contributed by atoms with Crippen LogP contribution in [0.2, 0.25) is 0 Å². The zero-order valence-corrected chi connectivity index (χ0v) is 15.2. The lowest BCUT2D eigenvalue weighted by Gasteiger charge is -2.08. The van der Waals surface area contributed by atoms with Crippen LogP contribution in [0.3, 0.4) is 0 Å². The van der Waals surface area contributed by atoms with Gasteiger partial charge in [0, 0.05) is 5.69 Å². The first-order valence-electron chi connectivity index (χ1n) is 8.02. The molecule has 0 saturated carbocycles. The van der Waals surface area contributed by atoms with Crippen LogP contribution >= 0.6 is 0 Å². The van der Waals surface area contributed by atoms with Gasteiger partial charge in [-0.25, -0.2) is 0 Å². The molecule has 3 aromatic rings. The summed E-state index contributed by atoms with van der Waals surface area (Å²) >= 11 is 0. The number of carbonyl (C=O) groups excluding carboxylic acids is 1. The number of nitrogens with one attached hydrogen (secondary N) is 2. The molecule has 0 aliphatic carbocycles. The number of benzene rings is 2. The van der Waals surface area contributed by atoms with Crippen molar-refractivity contribution < 1.29 is 17.6 Å². The number of furan rings is 1. The van der Waals surface area contributed by atoms with Crippen molar-refractivity contribution >= 4 is 27.3 Å². The lowest BCUT2D eigenvalue weighted by molar-refractivity contribution is 0.0996. The fourth-order valence-electron chi connectivity index (χ4n) is 2.27. The van der Waals surface area contributed by atoms with Crippen LogP contribution in [0, 0.1) is 0 Å². The predicted octanol–water partition coefficient (Wildman–Crippen LogP) is 3.23. The molecule has 1 heterocycles. The van der Waals surface area contributed by atoms with Crippen LogP contribution < -0.4 is 10.1 Å². The molecule has 2 aromatic carbocycles. The van der Waals surface area contributed by atoms with Gasteiger partial charge in [0.05, 0.1) is 16.9 Å². The Morgan fingerprint density at radius 3 is 2.48 bits per heavy atom. The smallest absolute Gasteiger partial charge is 0.291 e. The highest BCUT2D eigenvalue weighted by molar-refractivity contribution is 7.89. The summed E-state index contributed by atoms with van der Waals surface area (Å²) in [6.45, 7) is 1.67. The highest BCUT2D eigenvalue weighted by Crippen LogP contribution is 2.14. The van der Waals surface area contributed by atoms with Crippen molar-refractivity contribution in [3.05, 3.63) is 84.3 Å². The van der Waals surface area contributed by atoms with Gasteiger partial charge in [0.25, 0.3) is 15.9 Å². The second-order valence-corrected chi connectivity index (χ2v) is 7.28. The predicted molar refractivity (Wildman–Crippen MR) is 102 cm³/mol. The van der Waals surface area contributed by atoms with Crippen molar-refractivity contribution in [3.63, 3.8) is 0 Å². The Kier molecular flexibility index (Phi) is 5.37. The van der Waals surface area contributed by atoms with Gasteiger partial charge in [0.2, 0.25) is 0 Å². The van der Waals surface area contributed by atoms with E-state index in [9.17, 15) is 13.2 Å². The van der Waals surface area contributed by atoms with Gasteiger partial charge >= 0.3 is 0 Å². The van der Waals surface area contributed by atoms with Gasteiger partial charge in [-0.15, -0.1) is 0 Å². The van der Waals surface area contributed by atoms with E-state index >= 15 is 0 Å². The standard InChI is InChI=1S/C19H17N3O4S/c1-14(21-22-27(24,25)17-9-3-2-4-10-17)15-7-5-8-16(13-15)20-19(23)18-11-6-12-26-18/h2-13,22H,1H3,(H,20,23). The van der Waals surface area contributed by atoms with Crippen LogP contribution in [-0.4, -0.2) is 20.0 Å². The lowest BCUT2D eigenvalue weighted by Crippen LogP contribution is -2.20. The molecule has 0 saturated heterocycles. The highest BCUT2D eigenvalue weighted by atomic mass is 32.2. The molecule has 0 aliphatic rings. The van der Waals surface area contributed by atoms with Crippen LogP contribution in [0.1, 0.15) is 23.0 Å². The Morgan fingerprint density at radius 2 is 1.78 bits per heavy atom. The maximum Gasteiger partial charge on any atom is 0.291 e. The number of amides is 1. The highest BCUT2D eigenvalue weighted by Gasteiger charge is 2.13. The van der Waals surface area contributed by atoms with E-state index in [1.54, 1.807) is 61.5 Å². The largest absolute Gasteiger partial charge is 0.459 e. The third-order valence-electron chi connectivity index (χ3n) is 3.67. The average molecular weight is 383 g/mol. The summed E-state index contributed by atoms with van der Waals surface area (Å²) in [5.41, 5.74) is 1.64. The number of hydrogen-bond donors (Lipinski definition) is 2. The van der Waals surface area contributed by atoms with Crippen molar-refractivity contribution in [2.24, 2.45) is 5.10 Å². The molecule has 27 heavy (non-hydrogen) atoms. The van der Waals surface area contributed by atoms with Gasteiger partial charge < -0.3 is 9.73 Å². The molecule has 1 amide bonds. The molecule has 0 radical (unpaired) electrons. The summed E-state index contributed by atoms with van der Waals surface area (Å²) in [6, 6.07) is 18.1. The third kappa shape index (κ3) is 4.62. The van der Waals surface area contributed by atoms with Crippen LogP contribution in [0.4, 0.5) is 5.69 Å². The van der Waals surface area contributed by atoms with E-state index in [1.807, 2.05) is 0 Å². The number of sulfonamides is 1. The zero-order chi connectivity index (χ0) is 19.3. The minimum atomic E-state index is -3.74. The average Bonchev–Trinajstić information content (AvgIpc) is 3.22.